The first-order valence-electron chi connectivity index (χ1n) is 14.8. The maximum atomic E-state index is 14.4. The number of Topliss-reactive ketones (excluding diaryl/α,β-unsaturated/α-hetero) is 1. The maximum absolute atomic E-state index is 14.4. The standard InChI is InChI=1S/C30H9N8O18/c39-29-27(21-13-1-9(31(41)42)5-17(35(49)50)23(13)24-14(21)2-10(32(43)44)6-18(24)36(51)52)30(40)28(29)22-15-3-11(33(45)46)7-19(37(53)54)25(15)26-16(22)4-12(34(47)48)8-20(26)38(55)56/h1-8H,(H-,39,40,41,42)/q-1. The van der Waals surface area contributed by atoms with Crippen molar-refractivity contribution >= 4 is 62.3 Å². The van der Waals surface area contributed by atoms with Crippen LogP contribution in [0.25, 0.3) is 27.8 Å². The van der Waals surface area contributed by atoms with Crippen LogP contribution in [0.4, 0.5) is 34.1 Å². The summed E-state index contributed by atoms with van der Waals surface area (Å²) < 4.78 is 0. The van der Waals surface area contributed by atoms with Gasteiger partial charge < -0.3 is 15.5 Å². The van der Waals surface area contributed by atoms with Gasteiger partial charge in [-0.1, -0.05) is 0 Å². The van der Waals surface area contributed by atoms with Gasteiger partial charge in [0.2, 0.25) is 11.5 Å². The summed E-state index contributed by atoms with van der Waals surface area (Å²) in [7, 11) is 0. The largest absolute Gasteiger partial charge is 0.612 e. The lowest BCUT2D eigenvalue weighted by Gasteiger charge is -2.26. The van der Waals surface area contributed by atoms with E-state index in [4.69, 9.17) is 0 Å². The first-order chi connectivity index (χ1) is 26.3. The van der Waals surface area contributed by atoms with Gasteiger partial charge in [0, 0.05) is 57.3 Å². The van der Waals surface area contributed by atoms with E-state index in [2.05, 4.69) is 0 Å². The highest BCUT2D eigenvalue weighted by atomic mass is 16.8. The molecule has 0 unspecified atom stereocenters. The van der Waals surface area contributed by atoms with Crippen LogP contribution in [0.5, 0.6) is 0 Å². The lowest BCUT2D eigenvalue weighted by Crippen LogP contribution is -2.32. The smallest absolute Gasteiger partial charge is 0.284 e. The molecule has 3 aromatic carbocycles. The summed E-state index contributed by atoms with van der Waals surface area (Å²) in [5.74, 6) is -2.62. The van der Waals surface area contributed by atoms with Crippen molar-refractivity contribution in [2.45, 2.75) is 0 Å². The molecule has 0 aromatic heterocycles. The third kappa shape index (κ3) is 4.76. The van der Waals surface area contributed by atoms with Gasteiger partial charge in [-0.2, -0.15) is 4.90 Å². The van der Waals surface area contributed by atoms with Crippen molar-refractivity contribution < 1.29 is 49.3 Å². The van der Waals surface area contributed by atoms with E-state index in [0.717, 1.165) is 0 Å². The fourth-order valence-electron chi connectivity index (χ4n) is 6.98. The molecule has 0 radical (unpaired) electrons. The summed E-state index contributed by atoms with van der Waals surface area (Å²) in [4.78, 5) is 89.7. The van der Waals surface area contributed by atoms with Gasteiger partial charge in [0.15, 0.2) is 0 Å². The minimum absolute atomic E-state index is 0.424. The number of aliphatic hydroxyl groups is 1. The normalized spacial score (nSPS) is 14.9. The number of fused-ring (bicyclic) bond motifs is 5. The number of hydrogen-bond acceptors (Lipinski definition) is 18. The number of ketones is 1. The van der Waals surface area contributed by atoms with E-state index in [1.165, 1.54) is 0 Å². The molecule has 3 aromatic rings. The SMILES string of the molecule is O=C1C(C2=c3cc([N+](=O)[O-])cc([N+](=O)[O-])c3=C3C2=CC(=[N+]([O-])[O-])C=C3[N+](=O)[O-])=C(O)C1=C1c2cc([N+](=O)[O-])cc([N+](=O)[O-])c2-c2c1cc([N+](=O)[O-])cc2[N+](=O)[O-]. The van der Waals surface area contributed by atoms with Gasteiger partial charge in [0.05, 0.1) is 91.8 Å². The highest BCUT2D eigenvalue weighted by Gasteiger charge is 2.49. The number of carbonyl (C=O) groups excluding carboxylic acids is 1. The molecule has 7 rings (SSSR count). The highest BCUT2D eigenvalue weighted by molar-refractivity contribution is 6.35. The van der Waals surface area contributed by atoms with Crippen molar-refractivity contribution in [2.24, 2.45) is 0 Å². The summed E-state index contributed by atoms with van der Waals surface area (Å²) >= 11 is 0. The molecule has 56 heavy (non-hydrogen) atoms. The number of non-ortho nitro benzene ring substituents is 4. The van der Waals surface area contributed by atoms with Crippen molar-refractivity contribution in [3.05, 3.63) is 180 Å². The topological polar surface area (TPSA) is 388 Å². The zero-order valence-corrected chi connectivity index (χ0v) is 26.6. The monoisotopic (exact) mass is 769 g/mol. The third-order valence-corrected chi connectivity index (χ3v) is 9.04. The van der Waals surface area contributed by atoms with Crippen LogP contribution in [0.3, 0.4) is 0 Å². The van der Waals surface area contributed by atoms with Gasteiger partial charge in [0.1, 0.15) is 5.76 Å². The summed E-state index contributed by atoms with van der Waals surface area (Å²) in [6, 6.07) is 3.16. The molecule has 0 spiro atoms. The van der Waals surface area contributed by atoms with Gasteiger partial charge in [-0.25, -0.2) is 0 Å². The molecule has 0 aliphatic heterocycles. The van der Waals surface area contributed by atoms with Crippen LogP contribution in [-0.2, 0) is 4.79 Å². The van der Waals surface area contributed by atoms with Crippen LogP contribution >= 0.6 is 0 Å². The summed E-state index contributed by atoms with van der Waals surface area (Å²) in [6.07, 6.45) is 1.05. The molecule has 4 aliphatic rings. The van der Waals surface area contributed by atoms with Gasteiger partial charge in [0.25, 0.3) is 39.8 Å². The zero-order valence-electron chi connectivity index (χ0n) is 26.6. The molecule has 0 atom stereocenters. The number of nitro benzene ring substituents is 6. The van der Waals surface area contributed by atoms with E-state index < -0.39 is 163 Å². The van der Waals surface area contributed by atoms with Crippen molar-refractivity contribution in [1.29, 1.82) is 0 Å². The van der Waals surface area contributed by atoms with E-state index in [1.807, 2.05) is 0 Å². The van der Waals surface area contributed by atoms with Crippen LogP contribution in [-0.4, -0.2) is 56.0 Å². The molecule has 0 amide bonds. The Morgan fingerprint density at radius 2 is 0.929 bits per heavy atom. The number of hydrogen-bond donors (Lipinski definition) is 1. The number of nitro groups is 7. The predicted molar refractivity (Wildman–Crippen MR) is 180 cm³/mol. The number of rotatable bonds is 8. The minimum Gasteiger partial charge on any atom is -0.612 e. The van der Waals surface area contributed by atoms with Crippen LogP contribution in [0.2, 0.25) is 0 Å². The Bertz CT molecular complexity index is 2870. The third-order valence-electron chi connectivity index (χ3n) is 9.04. The van der Waals surface area contributed by atoms with E-state index in [9.17, 15) is 91.1 Å². The number of allylic oxidation sites excluding steroid dienone is 5. The molecular weight excluding hydrogens is 760 g/mol. The van der Waals surface area contributed by atoms with Gasteiger partial charge >= 0.3 is 0 Å². The zero-order chi connectivity index (χ0) is 41.0. The Balaban J connectivity index is 1.68. The fraction of sp³-hybridized carbons (Fsp3) is 0. The molecule has 1 N–H and O–H groups in total. The number of benzene rings is 3. The van der Waals surface area contributed by atoms with Crippen LogP contribution in [0.1, 0.15) is 11.1 Å². The quantitative estimate of drug-likeness (QED) is 0.116. The Hall–Kier alpha value is -9.10. The van der Waals surface area contributed by atoms with Crippen molar-refractivity contribution in [1.82, 2.24) is 0 Å². The summed E-state index contributed by atoms with van der Waals surface area (Å²) in [5, 5.41) is 119. The van der Waals surface area contributed by atoms with E-state index >= 15 is 0 Å². The molecular formula is C30H9N8O18-. The van der Waals surface area contributed by atoms with Crippen LogP contribution in [0.15, 0.2) is 76.7 Å². The lowest BCUT2D eigenvalue weighted by molar-refractivity contribution is -0.418. The average Bonchev–Trinajstić information content (AvgIpc) is 3.62. The predicted octanol–water partition coefficient (Wildman–Crippen LogP) is 2.88. The van der Waals surface area contributed by atoms with Gasteiger partial charge in [-0.15, -0.1) is 0 Å². The highest BCUT2D eigenvalue weighted by Crippen LogP contribution is 2.58. The second kappa shape index (κ2) is 11.7. The minimum atomic E-state index is -1.41. The molecule has 0 heterocycles. The Kier molecular flexibility index (Phi) is 7.38. The number of carbonyl (C=O) groups is 1. The Morgan fingerprint density at radius 3 is 1.34 bits per heavy atom. The molecule has 278 valence electrons. The second-order valence-electron chi connectivity index (χ2n) is 11.8. The van der Waals surface area contributed by atoms with Crippen molar-refractivity contribution in [2.75, 3.05) is 0 Å². The first kappa shape index (κ1) is 35.3. The molecule has 0 saturated heterocycles. The van der Waals surface area contributed by atoms with E-state index in [0.29, 0.717) is 48.6 Å². The lowest BCUT2D eigenvalue weighted by atomic mass is 9.75. The van der Waals surface area contributed by atoms with Crippen molar-refractivity contribution in [3.8, 4) is 11.1 Å². The van der Waals surface area contributed by atoms with E-state index in [-0.39, 0.29) is 0 Å². The summed E-state index contributed by atoms with van der Waals surface area (Å²) in [6.45, 7) is 0. The molecule has 0 bridgehead atoms. The number of nitrogens with zero attached hydrogens (tertiary/aromatic N) is 8. The summed E-state index contributed by atoms with van der Waals surface area (Å²) in [5.41, 5.74) is -16.2. The van der Waals surface area contributed by atoms with Gasteiger partial charge in [-0.05, 0) is 0 Å². The maximum Gasteiger partial charge on any atom is 0.284 e. The van der Waals surface area contributed by atoms with Crippen LogP contribution in [0, 0.1) is 81.2 Å². The second-order valence-corrected chi connectivity index (χ2v) is 11.8. The number of aliphatic hydroxyl groups excluding tert-OH is 1. The Morgan fingerprint density at radius 1 is 0.464 bits per heavy atom. The van der Waals surface area contributed by atoms with Gasteiger partial charge in [-0.3, -0.25) is 75.6 Å². The fourth-order valence-corrected chi connectivity index (χ4v) is 6.98. The molecule has 0 fully saturated rings. The van der Waals surface area contributed by atoms with Crippen LogP contribution < -0.4 is 10.4 Å². The molecule has 0 saturated carbocycles. The first-order valence-corrected chi connectivity index (χ1v) is 14.8. The Labute approximate surface area is 302 Å². The average molecular weight is 769 g/mol. The molecule has 4 aliphatic carbocycles. The molecule has 26 nitrogen and oxygen atoms in total. The van der Waals surface area contributed by atoms with E-state index in [1.54, 1.807) is 0 Å². The molecule has 26 heteroatoms. The van der Waals surface area contributed by atoms with Crippen molar-refractivity contribution in [3.63, 3.8) is 0 Å².